The molecule has 0 aromatic heterocycles. The maximum absolute atomic E-state index is 14.6. The van der Waals surface area contributed by atoms with Gasteiger partial charge in [-0.15, -0.1) is 0 Å². The molecule has 1 aliphatic heterocycles. The van der Waals surface area contributed by atoms with Crippen molar-refractivity contribution in [2.75, 3.05) is 59.4 Å². The zero-order valence-corrected chi connectivity index (χ0v) is 22.4. The van der Waals surface area contributed by atoms with Crippen LogP contribution in [0, 0.1) is 17.1 Å². The normalized spacial score (nSPS) is 13.0. The molecule has 10 heteroatoms. The van der Waals surface area contributed by atoms with E-state index in [4.69, 9.17) is 14.2 Å². The Labute approximate surface area is 223 Å². The first-order chi connectivity index (χ1) is 18.3. The van der Waals surface area contributed by atoms with E-state index in [0.717, 1.165) is 30.5 Å². The maximum atomic E-state index is 14.6. The fraction of sp³-hybridized carbons (Fsp3) is 0.464. The van der Waals surface area contributed by atoms with Gasteiger partial charge >= 0.3 is 6.09 Å². The second-order valence-electron chi connectivity index (χ2n) is 9.15. The van der Waals surface area contributed by atoms with Gasteiger partial charge in [0.25, 0.3) is 0 Å². The number of rotatable bonds is 11. The van der Waals surface area contributed by atoms with Crippen LogP contribution >= 0.6 is 0 Å². The standard InChI is InChI=1S/C28H35FN4O5/c1-5-38-28(35)31-27-22(18-30)13-19(14-23(27)29)7-11-32(2)9-6-10-33-12-8-20-15-24(36-3)25(37-4)16-21(20)17-26(33)34/h13-16H,5-12,17H2,1-4H3,(H,31,35). The molecule has 0 fully saturated rings. The Balaban J connectivity index is 1.50. The lowest BCUT2D eigenvalue weighted by atomic mass is 10.0. The van der Waals surface area contributed by atoms with Gasteiger partial charge in [0.15, 0.2) is 11.5 Å². The highest BCUT2D eigenvalue weighted by molar-refractivity contribution is 5.87. The minimum atomic E-state index is -0.804. The smallest absolute Gasteiger partial charge is 0.411 e. The summed E-state index contributed by atoms with van der Waals surface area (Å²) in [6.45, 7) is 4.48. The first-order valence-electron chi connectivity index (χ1n) is 12.7. The molecule has 204 valence electrons. The Morgan fingerprint density at radius 2 is 1.87 bits per heavy atom. The molecule has 9 nitrogen and oxygen atoms in total. The van der Waals surface area contributed by atoms with Crippen LogP contribution in [0.4, 0.5) is 14.9 Å². The Morgan fingerprint density at radius 3 is 2.53 bits per heavy atom. The van der Waals surface area contributed by atoms with E-state index in [9.17, 15) is 19.2 Å². The first-order valence-corrected chi connectivity index (χ1v) is 12.7. The van der Waals surface area contributed by atoms with Gasteiger partial charge in [-0.05, 0) is 80.7 Å². The molecule has 0 atom stereocenters. The van der Waals surface area contributed by atoms with E-state index in [-0.39, 0.29) is 23.8 Å². The number of nitrogens with one attached hydrogen (secondary N) is 1. The van der Waals surface area contributed by atoms with Gasteiger partial charge in [0.1, 0.15) is 11.9 Å². The van der Waals surface area contributed by atoms with Gasteiger partial charge in [-0.2, -0.15) is 5.26 Å². The van der Waals surface area contributed by atoms with E-state index >= 15 is 0 Å². The average molecular weight is 527 g/mol. The summed E-state index contributed by atoms with van der Waals surface area (Å²) in [6.07, 6.45) is 1.61. The number of ether oxygens (including phenoxy) is 3. The Hall–Kier alpha value is -3.84. The molecule has 0 unspecified atom stereocenters. The minimum Gasteiger partial charge on any atom is -0.493 e. The van der Waals surface area contributed by atoms with Gasteiger partial charge < -0.3 is 24.0 Å². The molecule has 0 saturated carbocycles. The van der Waals surface area contributed by atoms with Crippen molar-refractivity contribution in [1.82, 2.24) is 9.80 Å². The number of benzene rings is 2. The van der Waals surface area contributed by atoms with Crippen LogP contribution in [-0.4, -0.2) is 75.9 Å². The van der Waals surface area contributed by atoms with Crippen molar-refractivity contribution < 1.29 is 28.2 Å². The summed E-state index contributed by atoms with van der Waals surface area (Å²) in [7, 11) is 5.16. The summed E-state index contributed by atoms with van der Waals surface area (Å²) in [5.41, 5.74) is 2.60. The first kappa shape index (κ1) is 28.7. The number of carbonyl (C=O) groups excluding carboxylic acids is 2. The van der Waals surface area contributed by atoms with Crippen LogP contribution in [-0.2, 0) is 28.8 Å². The largest absolute Gasteiger partial charge is 0.493 e. The van der Waals surface area contributed by atoms with Crippen LogP contribution in [0.1, 0.15) is 35.6 Å². The lowest BCUT2D eigenvalue weighted by Gasteiger charge is -2.23. The van der Waals surface area contributed by atoms with E-state index < -0.39 is 11.9 Å². The molecule has 0 bridgehead atoms. The molecule has 2 aromatic rings. The predicted molar refractivity (Wildman–Crippen MR) is 141 cm³/mol. The molecule has 0 aliphatic carbocycles. The van der Waals surface area contributed by atoms with Crippen molar-refractivity contribution in [1.29, 1.82) is 5.26 Å². The highest BCUT2D eigenvalue weighted by Crippen LogP contribution is 2.32. The van der Waals surface area contributed by atoms with Crippen LogP contribution < -0.4 is 14.8 Å². The van der Waals surface area contributed by atoms with Crippen molar-refractivity contribution in [2.24, 2.45) is 0 Å². The highest BCUT2D eigenvalue weighted by Gasteiger charge is 2.22. The number of fused-ring (bicyclic) bond motifs is 1. The number of nitriles is 1. The van der Waals surface area contributed by atoms with E-state index in [1.807, 2.05) is 30.1 Å². The Morgan fingerprint density at radius 1 is 1.16 bits per heavy atom. The third kappa shape index (κ3) is 7.35. The molecule has 1 aliphatic rings. The zero-order chi connectivity index (χ0) is 27.7. The Kier molecular flexibility index (Phi) is 10.3. The van der Waals surface area contributed by atoms with Crippen LogP contribution in [0.25, 0.3) is 0 Å². The number of carbonyl (C=O) groups is 2. The molecular weight excluding hydrogens is 491 g/mol. The second kappa shape index (κ2) is 13.6. The number of nitrogens with zero attached hydrogens (tertiary/aromatic N) is 3. The van der Waals surface area contributed by atoms with Crippen LogP contribution in [0.3, 0.4) is 0 Å². The van der Waals surface area contributed by atoms with E-state index in [2.05, 4.69) is 10.2 Å². The van der Waals surface area contributed by atoms with Crippen molar-refractivity contribution in [3.05, 3.63) is 52.3 Å². The van der Waals surface area contributed by atoms with Crippen LogP contribution in [0.15, 0.2) is 24.3 Å². The molecule has 38 heavy (non-hydrogen) atoms. The average Bonchev–Trinajstić information content (AvgIpc) is 3.05. The second-order valence-corrected chi connectivity index (χ2v) is 9.15. The van der Waals surface area contributed by atoms with Crippen molar-refractivity contribution in [2.45, 2.75) is 32.6 Å². The number of amides is 2. The third-order valence-corrected chi connectivity index (χ3v) is 6.57. The molecule has 2 amide bonds. The Bertz CT molecular complexity index is 1200. The number of hydrogen-bond donors (Lipinski definition) is 1. The summed E-state index contributed by atoms with van der Waals surface area (Å²) in [5, 5.41) is 11.7. The summed E-state index contributed by atoms with van der Waals surface area (Å²) in [4.78, 5) is 28.5. The highest BCUT2D eigenvalue weighted by atomic mass is 19.1. The van der Waals surface area contributed by atoms with E-state index in [1.54, 1.807) is 27.2 Å². The summed E-state index contributed by atoms with van der Waals surface area (Å²) >= 11 is 0. The van der Waals surface area contributed by atoms with Gasteiger partial charge in [-0.3, -0.25) is 10.1 Å². The van der Waals surface area contributed by atoms with Gasteiger partial charge in [0.2, 0.25) is 5.91 Å². The molecular formula is C28H35FN4O5. The fourth-order valence-corrected chi connectivity index (χ4v) is 4.51. The molecule has 0 spiro atoms. The monoisotopic (exact) mass is 526 g/mol. The number of likely N-dealkylation sites (N-methyl/N-ethyl adjacent to an activating group) is 1. The number of anilines is 1. The molecule has 1 heterocycles. The molecule has 1 N–H and O–H groups in total. The van der Waals surface area contributed by atoms with Crippen LogP contribution in [0.2, 0.25) is 0 Å². The summed E-state index contributed by atoms with van der Waals surface area (Å²) in [6, 6.07) is 8.69. The zero-order valence-electron chi connectivity index (χ0n) is 22.4. The van der Waals surface area contributed by atoms with Gasteiger partial charge in [-0.25, -0.2) is 9.18 Å². The van der Waals surface area contributed by atoms with Gasteiger partial charge in [-0.1, -0.05) is 0 Å². The van der Waals surface area contributed by atoms with E-state index in [0.29, 0.717) is 49.5 Å². The fourth-order valence-electron chi connectivity index (χ4n) is 4.51. The summed E-state index contributed by atoms with van der Waals surface area (Å²) in [5.74, 6) is 0.710. The third-order valence-electron chi connectivity index (χ3n) is 6.57. The number of halogens is 1. The minimum absolute atomic E-state index is 0.0478. The molecule has 0 radical (unpaired) electrons. The SMILES string of the molecule is CCOC(=O)Nc1c(F)cc(CCN(C)CCCN2CCc3cc(OC)c(OC)cc3CC2=O)cc1C#N. The van der Waals surface area contributed by atoms with Gasteiger partial charge in [0, 0.05) is 19.6 Å². The molecule has 3 rings (SSSR count). The van der Waals surface area contributed by atoms with E-state index in [1.165, 1.54) is 6.07 Å². The number of methoxy groups -OCH3 is 2. The maximum Gasteiger partial charge on any atom is 0.411 e. The van der Waals surface area contributed by atoms with Crippen LogP contribution in [0.5, 0.6) is 11.5 Å². The molecule has 0 saturated heterocycles. The van der Waals surface area contributed by atoms with Crippen molar-refractivity contribution in [3.63, 3.8) is 0 Å². The quantitative estimate of drug-likeness (QED) is 0.475. The predicted octanol–water partition coefficient (Wildman–Crippen LogP) is 3.77. The van der Waals surface area contributed by atoms with Crippen molar-refractivity contribution >= 4 is 17.7 Å². The van der Waals surface area contributed by atoms with Crippen molar-refractivity contribution in [3.8, 4) is 17.6 Å². The summed E-state index contributed by atoms with van der Waals surface area (Å²) < 4.78 is 30.2. The topological polar surface area (TPSA) is 104 Å². The molecule has 2 aromatic carbocycles. The van der Waals surface area contributed by atoms with Gasteiger partial charge in [0.05, 0.1) is 38.5 Å². The number of hydrogen-bond acceptors (Lipinski definition) is 7. The lowest BCUT2D eigenvalue weighted by molar-refractivity contribution is -0.130. The lowest BCUT2D eigenvalue weighted by Crippen LogP contribution is -2.35.